The number of nitrogens with one attached hydrogen (secondary N) is 1. The van der Waals surface area contributed by atoms with Crippen LogP contribution >= 0.6 is 12.2 Å². The lowest BCUT2D eigenvalue weighted by atomic mass is 10.1. The zero-order valence-electron chi connectivity index (χ0n) is 10.4. The highest BCUT2D eigenvalue weighted by Gasteiger charge is 2.08. The third-order valence-corrected chi connectivity index (χ3v) is 3.14. The number of aryl methyl sites for hydroxylation is 1. The van der Waals surface area contributed by atoms with Gasteiger partial charge in [0.1, 0.15) is 0 Å². The Morgan fingerprint density at radius 3 is 2.76 bits per heavy atom. The predicted molar refractivity (Wildman–Crippen MR) is 71.8 cm³/mol. The molecular formula is C13H17N3S. The van der Waals surface area contributed by atoms with E-state index in [2.05, 4.69) is 34.4 Å². The van der Waals surface area contributed by atoms with Crippen LogP contribution in [0.15, 0.2) is 24.5 Å². The van der Waals surface area contributed by atoms with E-state index >= 15 is 0 Å². The number of rotatable bonds is 3. The van der Waals surface area contributed by atoms with Crippen molar-refractivity contribution in [3.8, 4) is 0 Å². The van der Waals surface area contributed by atoms with E-state index in [1.165, 1.54) is 11.3 Å². The molecule has 90 valence electrons. The highest BCUT2D eigenvalue weighted by Crippen LogP contribution is 2.16. The predicted octanol–water partition coefficient (Wildman–Crippen LogP) is 3.42. The molecule has 0 bridgehead atoms. The van der Waals surface area contributed by atoms with Crippen molar-refractivity contribution in [1.82, 2.24) is 14.5 Å². The number of hydrogen-bond acceptors (Lipinski definition) is 2. The summed E-state index contributed by atoms with van der Waals surface area (Å²) < 4.78 is 2.90. The van der Waals surface area contributed by atoms with Crippen molar-refractivity contribution in [1.29, 1.82) is 0 Å². The molecular weight excluding hydrogens is 230 g/mol. The van der Waals surface area contributed by atoms with E-state index in [-0.39, 0.29) is 0 Å². The summed E-state index contributed by atoms with van der Waals surface area (Å²) in [7, 11) is 0. The van der Waals surface area contributed by atoms with E-state index in [0.29, 0.717) is 5.92 Å². The summed E-state index contributed by atoms with van der Waals surface area (Å²) in [5.74, 6) is 0.460. The van der Waals surface area contributed by atoms with Gasteiger partial charge in [0.15, 0.2) is 4.77 Å². The minimum atomic E-state index is 0.460. The summed E-state index contributed by atoms with van der Waals surface area (Å²) in [5.41, 5.74) is 3.44. The van der Waals surface area contributed by atoms with Gasteiger partial charge in [-0.05, 0) is 36.7 Å². The van der Waals surface area contributed by atoms with Gasteiger partial charge in [-0.25, -0.2) is 0 Å². The molecule has 1 N–H and O–H groups in total. The van der Waals surface area contributed by atoms with Crippen LogP contribution in [-0.2, 0) is 6.54 Å². The lowest BCUT2D eigenvalue weighted by molar-refractivity contribution is 0.683. The Balaban J connectivity index is 2.32. The Hall–Kier alpha value is -1.42. The third kappa shape index (κ3) is 2.64. The molecule has 0 unspecified atom stereocenters. The van der Waals surface area contributed by atoms with Crippen LogP contribution in [0.25, 0.3) is 0 Å². The first-order chi connectivity index (χ1) is 8.08. The van der Waals surface area contributed by atoms with Crippen molar-refractivity contribution in [2.24, 2.45) is 0 Å². The Morgan fingerprint density at radius 1 is 1.41 bits per heavy atom. The maximum absolute atomic E-state index is 5.30. The topological polar surface area (TPSA) is 33.6 Å². The zero-order valence-corrected chi connectivity index (χ0v) is 11.2. The van der Waals surface area contributed by atoms with Crippen LogP contribution in [0.2, 0.25) is 0 Å². The van der Waals surface area contributed by atoms with Gasteiger partial charge < -0.3 is 9.55 Å². The maximum atomic E-state index is 5.30. The van der Waals surface area contributed by atoms with Crippen molar-refractivity contribution in [3.05, 3.63) is 46.2 Å². The SMILES string of the molecule is Cc1ccc(Cn2c(C(C)C)c[nH]c2=S)cn1. The molecule has 0 aromatic carbocycles. The number of H-pyrrole nitrogens is 1. The summed E-state index contributed by atoms with van der Waals surface area (Å²) in [5, 5.41) is 0. The quantitative estimate of drug-likeness (QED) is 0.843. The molecule has 17 heavy (non-hydrogen) atoms. The van der Waals surface area contributed by atoms with Crippen molar-refractivity contribution in [3.63, 3.8) is 0 Å². The Bertz CT molecular complexity index is 549. The third-order valence-electron chi connectivity index (χ3n) is 2.81. The molecule has 0 aliphatic rings. The van der Waals surface area contributed by atoms with E-state index in [1.807, 2.05) is 25.4 Å². The molecule has 0 saturated carbocycles. The fourth-order valence-corrected chi connectivity index (χ4v) is 2.05. The second-order valence-electron chi connectivity index (χ2n) is 4.57. The van der Waals surface area contributed by atoms with Crippen LogP contribution in [0, 0.1) is 11.7 Å². The van der Waals surface area contributed by atoms with Crippen molar-refractivity contribution in [2.75, 3.05) is 0 Å². The van der Waals surface area contributed by atoms with E-state index < -0.39 is 0 Å². The molecule has 0 fully saturated rings. The maximum Gasteiger partial charge on any atom is 0.177 e. The first-order valence-electron chi connectivity index (χ1n) is 5.77. The molecule has 2 heterocycles. The molecule has 0 aliphatic heterocycles. The number of hydrogen-bond donors (Lipinski definition) is 1. The zero-order chi connectivity index (χ0) is 12.4. The number of nitrogens with zero attached hydrogens (tertiary/aromatic N) is 2. The van der Waals surface area contributed by atoms with Crippen molar-refractivity contribution < 1.29 is 0 Å². The smallest absolute Gasteiger partial charge is 0.177 e. The minimum Gasteiger partial charge on any atom is -0.337 e. The highest BCUT2D eigenvalue weighted by molar-refractivity contribution is 7.71. The molecule has 0 atom stereocenters. The van der Waals surface area contributed by atoms with E-state index in [9.17, 15) is 0 Å². The summed E-state index contributed by atoms with van der Waals surface area (Å²) in [6.45, 7) is 7.11. The van der Waals surface area contributed by atoms with Crippen molar-refractivity contribution >= 4 is 12.2 Å². The number of imidazole rings is 1. The minimum absolute atomic E-state index is 0.460. The molecule has 2 rings (SSSR count). The first kappa shape index (κ1) is 12.0. The monoisotopic (exact) mass is 247 g/mol. The Kier molecular flexibility index (Phi) is 3.43. The lowest BCUT2D eigenvalue weighted by Gasteiger charge is -2.10. The van der Waals surface area contributed by atoms with Crippen LogP contribution in [0.5, 0.6) is 0 Å². The van der Waals surface area contributed by atoms with Crippen LogP contribution in [0.1, 0.15) is 36.7 Å². The molecule has 2 aromatic rings. The van der Waals surface area contributed by atoms with Crippen LogP contribution in [-0.4, -0.2) is 14.5 Å². The molecule has 0 saturated heterocycles. The Labute approximate surface area is 107 Å². The standard InChI is InChI=1S/C13H17N3S/c1-9(2)12-7-15-13(17)16(12)8-11-5-4-10(3)14-6-11/h4-7,9H,8H2,1-3H3,(H,15,17). The second kappa shape index (κ2) is 4.84. The van der Waals surface area contributed by atoms with Crippen LogP contribution < -0.4 is 0 Å². The summed E-state index contributed by atoms with van der Waals surface area (Å²) in [6, 6.07) is 4.13. The first-order valence-corrected chi connectivity index (χ1v) is 6.18. The van der Waals surface area contributed by atoms with Crippen LogP contribution in [0.4, 0.5) is 0 Å². The number of aromatic nitrogens is 3. The molecule has 2 aromatic heterocycles. The summed E-state index contributed by atoms with van der Waals surface area (Å²) in [4.78, 5) is 7.41. The van der Waals surface area contributed by atoms with E-state index in [4.69, 9.17) is 12.2 Å². The van der Waals surface area contributed by atoms with Gasteiger partial charge in [0, 0.05) is 23.8 Å². The van der Waals surface area contributed by atoms with Gasteiger partial charge in [0.05, 0.1) is 6.54 Å². The van der Waals surface area contributed by atoms with Gasteiger partial charge >= 0.3 is 0 Å². The van der Waals surface area contributed by atoms with E-state index in [1.54, 1.807) is 0 Å². The molecule has 0 aliphatic carbocycles. The summed E-state index contributed by atoms with van der Waals surface area (Å²) >= 11 is 5.30. The van der Waals surface area contributed by atoms with E-state index in [0.717, 1.165) is 17.0 Å². The second-order valence-corrected chi connectivity index (χ2v) is 4.95. The molecule has 3 nitrogen and oxygen atoms in total. The van der Waals surface area contributed by atoms with Crippen molar-refractivity contribution in [2.45, 2.75) is 33.2 Å². The fraction of sp³-hybridized carbons (Fsp3) is 0.385. The lowest BCUT2D eigenvalue weighted by Crippen LogP contribution is -2.06. The largest absolute Gasteiger partial charge is 0.337 e. The number of aromatic amines is 1. The van der Waals surface area contributed by atoms with Gasteiger partial charge in [-0.3, -0.25) is 4.98 Å². The van der Waals surface area contributed by atoms with Gasteiger partial charge in [-0.2, -0.15) is 0 Å². The van der Waals surface area contributed by atoms with Gasteiger partial charge in [-0.15, -0.1) is 0 Å². The number of pyridine rings is 1. The normalized spacial score (nSPS) is 11.1. The molecule has 4 heteroatoms. The van der Waals surface area contributed by atoms with Gasteiger partial charge in [0.25, 0.3) is 0 Å². The summed E-state index contributed by atoms with van der Waals surface area (Å²) in [6.07, 6.45) is 3.91. The highest BCUT2D eigenvalue weighted by atomic mass is 32.1. The molecule has 0 radical (unpaired) electrons. The van der Waals surface area contributed by atoms with Gasteiger partial charge in [-0.1, -0.05) is 19.9 Å². The fourth-order valence-electron chi connectivity index (χ4n) is 1.82. The molecule has 0 spiro atoms. The Morgan fingerprint density at radius 2 is 2.18 bits per heavy atom. The van der Waals surface area contributed by atoms with Gasteiger partial charge in [0.2, 0.25) is 0 Å². The average molecular weight is 247 g/mol. The van der Waals surface area contributed by atoms with Crippen LogP contribution in [0.3, 0.4) is 0 Å². The molecule has 0 amide bonds. The average Bonchev–Trinajstić information content (AvgIpc) is 2.64.